The number of rotatable bonds is 56. The highest BCUT2D eigenvalue weighted by Crippen LogP contribution is 2.18. The van der Waals surface area contributed by atoms with Gasteiger partial charge in [0.2, 0.25) is 0 Å². The van der Waals surface area contributed by atoms with Crippen molar-refractivity contribution in [2.75, 3.05) is 13.2 Å². The van der Waals surface area contributed by atoms with Gasteiger partial charge in [-0.05, 0) is 38.5 Å². The molecule has 0 N–H and O–H groups in total. The Labute approximate surface area is 418 Å². The number of carbonyl (C=O) groups is 3. The molecule has 0 aromatic carbocycles. The Hall–Kier alpha value is -1.85. The van der Waals surface area contributed by atoms with Gasteiger partial charge in [-0.1, -0.05) is 296 Å². The van der Waals surface area contributed by atoms with Crippen molar-refractivity contribution >= 4 is 17.9 Å². The average Bonchev–Trinajstić information content (AvgIpc) is 3.33. The van der Waals surface area contributed by atoms with Gasteiger partial charge in [-0.3, -0.25) is 14.4 Å². The van der Waals surface area contributed by atoms with Crippen molar-refractivity contribution in [3.63, 3.8) is 0 Å². The predicted molar refractivity (Wildman–Crippen MR) is 289 cm³/mol. The Morgan fingerprint density at radius 1 is 0.284 bits per heavy atom. The number of unbranched alkanes of at least 4 members (excludes halogenated alkanes) is 43. The van der Waals surface area contributed by atoms with Gasteiger partial charge in [-0.15, -0.1) is 0 Å². The van der Waals surface area contributed by atoms with Crippen molar-refractivity contribution in [2.24, 2.45) is 0 Å². The normalized spacial score (nSPS) is 12.0. The SMILES string of the molecule is CCCC/C=C\CCCCCCCC(=O)OC(COC(=O)CCCCCCCCCCCCC)COC(=O)CCCCCCCCCCCCCCCCCCCCCCCCCCCCC. The van der Waals surface area contributed by atoms with Crippen LogP contribution in [0.1, 0.15) is 342 Å². The highest BCUT2D eigenvalue weighted by molar-refractivity contribution is 5.71. The number of esters is 3. The van der Waals surface area contributed by atoms with Crippen molar-refractivity contribution in [1.82, 2.24) is 0 Å². The van der Waals surface area contributed by atoms with E-state index in [1.54, 1.807) is 0 Å². The highest BCUT2D eigenvalue weighted by Gasteiger charge is 2.19. The van der Waals surface area contributed by atoms with E-state index in [1.165, 1.54) is 238 Å². The Morgan fingerprint density at radius 2 is 0.507 bits per heavy atom. The molecule has 0 aliphatic heterocycles. The van der Waals surface area contributed by atoms with Gasteiger partial charge in [0, 0.05) is 19.3 Å². The van der Waals surface area contributed by atoms with E-state index in [0.717, 1.165) is 64.2 Å². The molecule has 396 valence electrons. The predicted octanol–water partition coefficient (Wildman–Crippen LogP) is 20.1. The third-order valence-corrected chi connectivity index (χ3v) is 13.8. The van der Waals surface area contributed by atoms with Gasteiger partial charge in [0.25, 0.3) is 0 Å². The summed E-state index contributed by atoms with van der Waals surface area (Å²) in [5.74, 6) is -0.857. The monoisotopic (exact) mass is 945 g/mol. The fraction of sp³-hybridized carbons (Fsp3) is 0.918. The molecule has 0 heterocycles. The van der Waals surface area contributed by atoms with Crippen molar-refractivity contribution in [1.29, 1.82) is 0 Å². The second kappa shape index (κ2) is 56.7. The van der Waals surface area contributed by atoms with E-state index >= 15 is 0 Å². The molecule has 6 heteroatoms. The Balaban J connectivity index is 4.06. The van der Waals surface area contributed by atoms with Crippen LogP contribution in [0.25, 0.3) is 0 Å². The van der Waals surface area contributed by atoms with E-state index in [-0.39, 0.29) is 31.1 Å². The van der Waals surface area contributed by atoms with Crippen LogP contribution in [0.4, 0.5) is 0 Å². The maximum atomic E-state index is 12.8. The summed E-state index contributed by atoms with van der Waals surface area (Å²) < 4.78 is 16.8. The first-order chi connectivity index (χ1) is 33.0. The lowest BCUT2D eigenvalue weighted by molar-refractivity contribution is -0.167. The Kier molecular flexibility index (Phi) is 55.2. The molecule has 1 unspecified atom stereocenters. The zero-order chi connectivity index (χ0) is 48.6. The summed E-state index contributed by atoms with van der Waals surface area (Å²) in [5.41, 5.74) is 0. The lowest BCUT2D eigenvalue weighted by Gasteiger charge is -2.18. The molecular weight excluding hydrogens is 829 g/mol. The summed E-state index contributed by atoms with van der Waals surface area (Å²) in [6.07, 6.45) is 65.2. The van der Waals surface area contributed by atoms with Crippen molar-refractivity contribution in [3.8, 4) is 0 Å². The maximum absolute atomic E-state index is 12.8. The highest BCUT2D eigenvalue weighted by atomic mass is 16.6. The smallest absolute Gasteiger partial charge is 0.306 e. The van der Waals surface area contributed by atoms with Crippen molar-refractivity contribution in [2.45, 2.75) is 348 Å². The van der Waals surface area contributed by atoms with Gasteiger partial charge >= 0.3 is 17.9 Å². The summed E-state index contributed by atoms with van der Waals surface area (Å²) >= 11 is 0. The van der Waals surface area contributed by atoms with Gasteiger partial charge in [0.05, 0.1) is 0 Å². The molecule has 0 fully saturated rings. The topological polar surface area (TPSA) is 78.9 Å². The summed E-state index contributed by atoms with van der Waals surface area (Å²) in [6.45, 7) is 6.64. The van der Waals surface area contributed by atoms with Crippen LogP contribution in [-0.4, -0.2) is 37.2 Å². The second-order valence-electron chi connectivity index (χ2n) is 20.6. The molecule has 0 spiro atoms. The molecule has 0 aliphatic carbocycles. The van der Waals surface area contributed by atoms with Crippen LogP contribution >= 0.6 is 0 Å². The lowest BCUT2D eigenvalue weighted by Crippen LogP contribution is -2.30. The summed E-state index contributed by atoms with van der Waals surface area (Å²) in [5, 5.41) is 0. The number of ether oxygens (including phenoxy) is 3. The standard InChI is InChI=1S/C61H116O6/c1-4-7-10-13-16-19-22-23-24-25-26-27-28-29-30-31-32-33-34-35-36-37-40-42-45-48-51-54-60(63)66-57-58(67-61(64)55-52-49-46-43-39-21-18-15-12-9-6-3)56-65-59(62)53-50-47-44-41-38-20-17-14-11-8-5-2/h15,18,58H,4-14,16-17,19-57H2,1-3H3/b18-15-. The lowest BCUT2D eigenvalue weighted by atomic mass is 10.0. The third kappa shape index (κ3) is 55.0. The van der Waals surface area contributed by atoms with E-state index in [9.17, 15) is 14.4 Å². The number of carbonyl (C=O) groups excluding carboxylic acids is 3. The summed E-state index contributed by atoms with van der Waals surface area (Å²) in [7, 11) is 0. The molecule has 0 aromatic heterocycles. The summed E-state index contributed by atoms with van der Waals surface area (Å²) in [6, 6.07) is 0. The van der Waals surface area contributed by atoms with Gasteiger partial charge in [0.15, 0.2) is 6.10 Å². The molecule has 1 atom stereocenters. The number of hydrogen-bond donors (Lipinski definition) is 0. The molecular formula is C61H116O6. The minimum absolute atomic E-state index is 0.0679. The van der Waals surface area contributed by atoms with Crippen LogP contribution in [-0.2, 0) is 28.6 Å². The molecule has 0 amide bonds. The van der Waals surface area contributed by atoms with Crippen LogP contribution in [0.15, 0.2) is 12.2 Å². The zero-order valence-electron chi connectivity index (χ0n) is 45.5. The van der Waals surface area contributed by atoms with Crippen LogP contribution in [0.3, 0.4) is 0 Å². The Bertz CT molecular complexity index is 1040. The van der Waals surface area contributed by atoms with Crippen LogP contribution < -0.4 is 0 Å². The minimum Gasteiger partial charge on any atom is -0.462 e. The van der Waals surface area contributed by atoms with E-state index < -0.39 is 6.10 Å². The molecule has 0 saturated heterocycles. The van der Waals surface area contributed by atoms with Gasteiger partial charge in [0.1, 0.15) is 13.2 Å². The van der Waals surface area contributed by atoms with Gasteiger partial charge in [-0.25, -0.2) is 0 Å². The molecule has 0 radical (unpaired) electrons. The largest absolute Gasteiger partial charge is 0.462 e. The molecule has 0 saturated carbocycles. The van der Waals surface area contributed by atoms with E-state index in [0.29, 0.717) is 19.3 Å². The molecule has 0 aromatic rings. The number of allylic oxidation sites excluding steroid dienone is 2. The quantitative estimate of drug-likeness (QED) is 0.0262. The first kappa shape index (κ1) is 65.1. The molecule has 67 heavy (non-hydrogen) atoms. The van der Waals surface area contributed by atoms with E-state index in [1.807, 2.05) is 0 Å². The maximum Gasteiger partial charge on any atom is 0.306 e. The molecule has 0 aliphatic rings. The van der Waals surface area contributed by atoms with Gasteiger partial charge < -0.3 is 14.2 Å². The molecule has 6 nitrogen and oxygen atoms in total. The minimum atomic E-state index is -0.768. The summed E-state index contributed by atoms with van der Waals surface area (Å²) in [4.78, 5) is 38.0. The third-order valence-electron chi connectivity index (χ3n) is 13.8. The van der Waals surface area contributed by atoms with Crippen LogP contribution in [0.2, 0.25) is 0 Å². The fourth-order valence-electron chi connectivity index (χ4n) is 9.19. The molecule has 0 rings (SSSR count). The number of hydrogen-bond acceptors (Lipinski definition) is 6. The first-order valence-corrected chi connectivity index (χ1v) is 30.2. The average molecular weight is 946 g/mol. The van der Waals surface area contributed by atoms with Gasteiger partial charge in [-0.2, -0.15) is 0 Å². The fourth-order valence-corrected chi connectivity index (χ4v) is 9.19. The Morgan fingerprint density at radius 3 is 0.791 bits per heavy atom. The van der Waals surface area contributed by atoms with Crippen LogP contribution in [0.5, 0.6) is 0 Å². The van der Waals surface area contributed by atoms with E-state index in [4.69, 9.17) is 14.2 Å². The van der Waals surface area contributed by atoms with Crippen molar-refractivity contribution < 1.29 is 28.6 Å². The van der Waals surface area contributed by atoms with Crippen LogP contribution in [0, 0.1) is 0 Å². The molecule has 0 bridgehead atoms. The second-order valence-corrected chi connectivity index (χ2v) is 20.6. The zero-order valence-corrected chi connectivity index (χ0v) is 45.5. The first-order valence-electron chi connectivity index (χ1n) is 30.2. The van der Waals surface area contributed by atoms with E-state index in [2.05, 4.69) is 32.9 Å². The van der Waals surface area contributed by atoms with Crippen molar-refractivity contribution in [3.05, 3.63) is 12.2 Å².